The topological polar surface area (TPSA) is 51.8 Å². The van der Waals surface area contributed by atoms with Crippen molar-refractivity contribution in [2.75, 3.05) is 0 Å². The molecule has 0 saturated heterocycles. The summed E-state index contributed by atoms with van der Waals surface area (Å²) in [6.45, 7) is 2.06. The highest BCUT2D eigenvalue weighted by atomic mass is 16.5. The molecule has 0 aliphatic rings. The van der Waals surface area contributed by atoms with Crippen LogP contribution in [0.4, 0.5) is 0 Å². The Morgan fingerprint density at radius 3 is 2.68 bits per heavy atom. The summed E-state index contributed by atoms with van der Waals surface area (Å²) >= 11 is 0. The lowest BCUT2D eigenvalue weighted by Gasteiger charge is -2.05. The molecule has 1 aromatic carbocycles. The Kier molecular flexibility index (Phi) is 2.93. The van der Waals surface area contributed by atoms with E-state index in [1.165, 1.54) is 0 Å². The summed E-state index contributed by atoms with van der Waals surface area (Å²) < 4.78 is 5.63. The SMILES string of the molecule is Cc1ccncc1-c1cccc2c(-c3ccccn3)noc12. The average Bonchev–Trinajstić information content (AvgIpc) is 3.00. The van der Waals surface area contributed by atoms with Gasteiger partial charge in [0.1, 0.15) is 5.69 Å². The average molecular weight is 287 g/mol. The molecular weight excluding hydrogens is 274 g/mol. The minimum absolute atomic E-state index is 0.763. The lowest BCUT2D eigenvalue weighted by Crippen LogP contribution is -1.86. The zero-order valence-corrected chi connectivity index (χ0v) is 12.0. The highest BCUT2D eigenvalue weighted by molar-refractivity contribution is 5.99. The first-order valence-electron chi connectivity index (χ1n) is 7.05. The molecule has 0 bridgehead atoms. The predicted octanol–water partition coefficient (Wildman–Crippen LogP) is 4.26. The van der Waals surface area contributed by atoms with E-state index in [4.69, 9.17) is 4.52 Å². The molecule has 0 radical (unpaired) electrons. The Balaban J connectivity index is 1.97. The van der Waals surface area contributed by atoms with Crippen molar-refractivity contribution in [3.63, 3.8) is 0 Å². The first-order chi connectivity index (χ1) is 10.8. The van der Waals surface area contributed by atoms with E-state index >= 15 is 0 Å². The number of para-hydroxylation sites is 1. The van der Waals surface area contributed by atoms with Crippen LogP contribution in [0.3, 0.4) is 0 Å². The van der Waals surface area contributed by atoms with E-state index in [-0.39, 0.29) is 0 Å². The molecule has 3 aromatic heterocycles. The molecule has 0 N–H and O–H groups in total. The number of rotatable bonds is 2. The van der Waals surface area contributed by atoms with Gasteiger partial charge in [0.05, 0.1) is 11.1 Å². The largest absolute Gasteiger partial charge is 0.355 e. The zero-order chi connectivity index (χ0) is 14.9. The molecule has 0 saturated carbocycles. The van der Waals surface area contributed by atoms with Crippen molar-refractivity contribution in [1.82, 2.24) is 15.1 Å². The molecule has 0 unspecified atom stereocenters. The molecule has 0 atom stereocenters. The molecular formula is C18H13N3O. The van der Waals surface area contributed by atoms with Crippen LogP contribution in [0.25, 0.3) is 33.5 Å². The van der Waals surface area contributed by atoms with E-state index in [2.05, 4.69) is 22.0 Å². The van der Waals surface area contributed by atoms with Crippen LogP contribution in [0.5, 0.6) is 0 Å². The van der Waals surface area contributed by atoms with Crippen LogP contribution in [0.2, 0.25) is 0 Å². The fourth-order valence-corrected chi connectivity index (χ4v) is 2.61. The van der Waals surface area contributed by atoms with Gasteiger partial charge in [-0.1, -0.05) is 23.4 Å². The Labute approximate surface area is 127 Å². The summed E-state index contributed by atoms with van der Waals surface area (Å²) in [6.07, 6.45) is 5.40. The normalized spacial score (nSPS) is 11.0. The third-order valence-electron chi connectivity index (χ3n) is 3.74. The van der Waals surface area contributed by atoms with Gasteiger partial charge in [-0.25, -0.2) is 0 Å². The van der Waals surface area contributed by atoms with E-state index in [1.54, 1.807) is 12.4 Å². The van der Waals surface area contributed by atoms with Crippen molar-refractivity contribution in [3.05, 3.63) is 66.6 Å². The maximum atomic E-state index is 5.63. The van der Waals surface area contributed by atoms with Crippen LogP contribution in [-0.4, -0.2) is 15.1 Å². The second-order valence-electron chi connectivity index (χ2n) is 5.12. The molecule has 4 rings (SSSR count). The summed E-state index contributed by atoms with van der Waals surface area (Å²) in [5.41, 5.74) is 5.53. The highest BCUT2D eigenvalue weighted by Crippen LogP contribution is 2.34. The number of pyridine rings is 2. The number of hydrogen-bond donors (Lipinski definition) is 0. The Hall–Kier alpha value is -3.01. The maximum Gasteiger partial charge on any atom is 0.175 e. The van der Waals surface area contributed by atoms with Crippen LogP contribution in [0.15, 0.2) is 65.6 Å². The first kappa shape index (κ1) is 12.7. The lowest BCUT2D eigenvalue weighted by molar-refractivity contribution is 0.460. The monoisotopic (exact) mass is 287 g/mol. The second-order valence-corrected chi connectivity index (χ2v) is 5.12. The first-order valence-corrected chi connectivity index (χ1v) is 7.05. The number of benzene rings is 1. The van der Waals surface area contributed by atoms with Gasteiger partial charge in [0, 0.05) is 29.7 Å². The number of nitrogens with zero attached hydrogens (tertiary/aromatic N) is 3. The van der Waals surface area contributed by atoms with Crippen LogP contribution in [-0.2, 0) is 0 Å². The van der Waals surface area contributed by atoms with Gasteiger partial charge in [0.25, 0.3) is 0 Å². The second kappa shape index (κ2) is 5.07. The smallest absolute Gasteiger partial charge is 0.175 e. The molecule has 0 aliphatic heterocycles. The van der Waals surface area contributed by atoms with E-state index in [0.29, 0.717) is 0 Å². The predicted molar refractivity (Wildman–Crippen MR) is 85.2 cm³/mol. The summed E-state index contributed by atoms with van der Waals surface area (Å²) in [5, 5.41) is 5.18. The molecule has 22 heavy (non-hydrogen) atoms. The fourth-order valence-electron chi connectivity index (χ4n) is 2.61. The minimum atomic E-state index is 0.763. The van der Waals surface area contributed by atoms with Crippen molar-refractivity contribution in [1.29, 1.82) is 0 Å². The van der Waals surface area contributed by atoms with Crippen LogP contribution >= 0.6 is 0 Å². The van der Waals surface area contributed by atoms with Crippen molar-refractivity contribution in [2.24, 2.45) is 0 Å². The number of aromatic nitrogens is 3. The van der Waals surface area contributed by atoms with E-state index in [9.17, 15) is 0 Å². The van der Waals surface area contributed by atoms with Crippen molar-refractivity contribution < 1.29 is 4.52 Å². The van der Waals surface area contributed by atoms with Crippen LogP contribution < -0.4 is 0 Å². The van der Waals surface area contributed by atoms with Crippen molar-refractivity contribution in [2.45, 2.75) is 6.92 Å². The van der Waals surface area contributed by atoms with Crippen molar-refractivity contribution in [3.8, 4) is 22.5 Å². The van der Waals surface area contributed by atoms with Gasteiger partial charge in [-0.05, 0) is 36.8 Å². The molecule has 0 amide bonds. The highest BCUT2D eigenvalue weighted by Gasteiger charge is 2.16. The number of aryl methyl sites for hydroxylation is 1. The molecule has 4 aromatic rings. The molecule has 4 heteroatoms. The molecule has 0 fully saturated rings. The van der Waals surface area contributed by atoms with E-state index in [0.717, 1.165) is 39.0 Å². The lowest BCUT2D eigenvalue weighted by atomic mass is 10.0. The standard InChI is InChI=1S/C18H13N3O/c1-12-8-10-19-11-15(12)13-5-4-6-14-17(21-22-18(13)14)16-7-2-3-9-20-16/h2-11H,1H3. The Morgan fingerprint density at radius 1 is 0.909 bits per heavy atom. The molecule has 106 valence electrons. The Morgan fingerprint density at radius 2 is 1.86 bits per heavy atom. The fraction of sp³-hybridized carbons (Fsp3) is 0.0556. The summed E-state index contributed by atoms with van der Waals surface area (Å²) in [4.78, 5) is 8.58. The van der Waals surface area contributed by atoms with Gasteiger partial charge in [-0.15, -0.1) is 0 Å². The van der Waals surface area contributed by atoms with Crippen LogP contribution in [0, 0.1) is 6.92 Å². The molecule has 0 spiro atoms. The zero-order valence-electron chi connectivity index (χ0n) is 12.0. The van der Waals surface area contributed by atoms with Gasteiger partial charge in [-0.2, -0.15) is 0 Å². The third-order valence-corrected chi connectivity index (χ3v) is 3.74. The van der Waals surface area contributed by atoms with Gasteiger partial charge < -0.3 is 4.52 Å². The van der Waals surface area contributed by atoms with Gasteiger partial charge >= 0.3 is 0 Å². The quantitative estimate of drug-likeness (QED) is 0.552. The third kappa shape index (κ3) is 1.97. The maximum absolute atomic E-state index is 5.63. The van der Waals surface area contributed by atoms with Crippen molar-refractivity contribution >= 4 is 11.0 Å². The van der Waals surface area contributed by atoms with Gasteiger partial charge in [-0.3, -0.25) is 9.97 Å². The molecule has 4 nitrogen and oxygen atoms in total. The number of hydrogen-bond acceptors (Lipinski definition) is 4. The van der Waals surface area contributed by atoms with Gasteiger partial charge in [0.15, 0.2) is 5.58 Å². The number of fused-ring (bicyclic) bond motifs is 1. The summed E-state index contributed by atoms with van der Waals surface area (Å²) in [5.74, 6) is 0. The van der Waals surface area contributed by atoms with E-state index in [1.807, 2.05) is 48.7 Å². The summed E-state index contributed by atoms with van der Waals surface area (Å²) in [7, 11) is 0. The van der Waals surface area contributed by atoms with E-state index < -0.39 is 0 Å². The van der Waals surface area contributed by atoms with Crippen LogP contribution in [0.1, 0.15) is 5.56 Å². The molecule has 0 aliphatic carbocycles. The minimum Gasteiger partial charge on any atom is -0.355 e. The summed E-state index contributed by atoms with van der Waals surface area (Å²) in [6, 6.07) is 13.8. The Bertz CT molecular complexity index is 945. The van der Waals surface area contributed by atoms with Gasteiger partial charge in [0.2, 0.25) is 0 Å². The molecule has 3 heterocycles.